The van der Waals surface area contributed by atoms with E-state index in [2.05, 4.69) is 10.6 Å². The van der Waals surface area contributed by atoms with Gasteiger partial charge in [-0.05, 0) is 0 Å². The second-order valence-electron chi connectivity index (χ2n) is 4.77. The van der Waals surface area contributed by atoms with Crippen LogP contribution in [0, 0.1) is 0 Å². The first-order valence-corrected chi connectivity index (χ1v) is 7.76. The highest BCUT2D eigenvalue weighted by molar-refractivity contribution is 7.91. The molecule has 0 saturated carbocycles. The molecule has 0 bridgehead atoms. The van der Waals surface area contributed by atoms with Gasteiger partial charge in [0.2, 0.25) is 5.91 Å². The van der Waals surface area contributed by atoms with Gasteiger partial charge in [-0.3, -0.25) is 4.79 Å². The fourth-order valence-electron chi connectivity index (χ4n) is 1.84. The predicted octanol–water partition coefficient (Wildman–Crippen LogP) is -3.40. The van der Waals surface area contributed by atoms with E-state index in [1.807, 2.05) is 0 Å². The number of carbonyl (C=O) groups excluding carboxylic acids is 1. The summed E-state index contributed by atoms with van der Waals surface area (Å²) in [6, 6.07) is -0.493. The van der Waals surface area contributed by atoms with Crippen LogP contribution in [-0.4, -0.2) is 79.1 Å². The minimum atomic E-state index is -3.13. The van der Waals surface area contributed by atoms with Crippen molar-refractivity contribution in [2.24, 2.45) is 0 Å². The molecule has 1 atom stereocenters. The van der Waals surface area contributed by atoms with E-state index in [1.54, 1.807) is 0 Å². The summed E-state index contributed by atoms with van der Waals surface area (Å²) in [5.41, 5.74) is -1.48. The fraction of sp³-hybridized carbons (Fsp3) is 0.900. The van der Waals surface area contributed by atoms with Gasteiger partial charge in [-0.15, -0.1) is 0 Å². The van der Waals surface area contributed by atoms with Crippen LogP contribution in [0.5, 0.6) is 0 Å². The summed E-state index contributed by atoms with van der Waals surface area (Å²) >= 11 is 0. The molecule has 1 saturated heterocycles. The molecule has 0 aliphatic carbocycles. The highest BCUT2D eigenvalue weighted by Gasteiger charge is 2.32. The van der Waals surface area contributed by atoms with Crippen molar-refractivity contribution in [3.05, 3.63) is 0 Å². The van der Waals surface area contributed by atoms with Gasteiger partial charge >= 0.3 is 0 Å². The number of carbonyl (C=O) groups is 1. The Labute approximate surface area is 111 Å². The van der Waals surface area contributed by atoms with Crippen LogP contribution in [0.25, 0.3) is 0 Å². The first kappa shape index (κ1) is 16.3. The first-order chi connectivity index (χ1) is 8.86. The van der Waals surface area contributed by atoms with E-state index in [4.69, 9.17) is 15.3 Å². The average Bonchev–Trinajstić information content (AvgIpc) is 2.35. The molecule has 1 unspecified atom stereocenters. The van der Waals surface area contributed by atoms with Gasteiger partial charge in [0.25, 0.3) is 0 Å². The molecule has 0 aromatic rings. The molecule has 0 spiro atoms. The third-order valence-electron chi connectivity index (χ3n) is 3.05. The van der Waals surface area contributed by atoms with E-state index in [-0.39, 0.29) is 17.9 Å². The highest BCUT2D eigenvalue weighted by Crippen LogP contribution is 2.07. The van der Waals surface area contributed by atoms with Gasteiger partial charge in [0, 0.05) is 19.0 Å². The SMILES string of the molecule is O=C(CC1CS(=O)(=O)CCN1)NC(CO)(CO)CO. The summed E-state index contributed by atoms with van der Waals surface area (Å²) in [6.45, 7) is -1.53. The third kappa shape index (κ3) is 4.69. The van der Waals surface area contributed by atoms with Gasteiger partial charge in [0.05, 0.1) is 31.3 Å². The summed E-state index contributed by atoms with van der Waals surface area (Å²) in [5.74, 6) is -0.601. The average molecular weight is 296 g/mol. The summed E-state index contributed by atoms with van der Waals surface area (Å²) in [6.07, 6.45) is -0.0963. The van der Waals surface area contributed by atoms with Gasteiger partial charge in [-0.25, -0.2) is 8.42 Å². The standard InChI is InChI=1S/C10H20N2O6S/c13-5-10(6-14,7-15)12-9(16)3-8-4-19(17,18)2-1-11-8/h8,11,13-15H,1-7H2,(H,12,16). The molecule has 8 nitrogen and oxygen atoms in total. The van der Waals surface area contributed by atoms with Crippen molar-refractivity contribution in [3.63, 3.8) is 0 Å². The number of nitrogens with one attached hydrogen (secondary N) is 2. The molecule has 5 N–H and O–H groups in total. The maximum Gasteiger partial charge on any atom is 0.222 e. The van der Waals surface area contributed by atoms with E-state index in [9.17, 15) is 13.2 Å². The van der Waals surface area contributed by atoms with Crippen molar-refractivity contribution < 1.29 is 28.5 Å². The minimum absolute atomic E-state index is 0.0545. The van der Waals surface area contributed by atoms with Gasteiger partial charge in [0.15, 0.2) is 9.84 Å². The molecule has 0 radical (unpaired) electrons. The Bertz CT molecular complexity index is 398. The maximum absolute atomic E-state index is 11.7. The van der Waals surface area contributed by atoms with Crippen molar-refractivity contribution >= 4 is 15.7 Å². The Morgan fingerprint density at radius 3 is 2.32 bits per heavy atom. The molecule has 1 heterocycles. The summed E-state index contributed by atoms with van der Waals surface area (Å²) in [5, 5.41) is 32.5. The summed E-state index contributed by atoms with van der Waals surface area (Å²) in [7, 11) is -3.13. The number of aliphatic hydroxyl groups is 3. The van der Waals surface area contributed by atoms with Gasteiger partial charge in [-0.2, -0.15) is 0 Å². The zero-order valence-electron chi connectivity index (χ0n) is 10.5. The zero-order valence-corrected chi connectivity index (χ0v) is 11.3. The maximum atomic E-state index is 11.7. The number of aliphatic hydroxyl groups excluding tert-OH is 3. The van der Waals surface area contributed by atoms with E-state index < -0.39 is 47.1 Å². The van der Waals surface area contributed by atoms with E-state index in [0.29, 0.717) is 6.54 Å². The molecule has 1 fully saturated rings. The smallest absolute Gasteiger partial charge is 0.222 e. The molecule has 1 aliphatic heterocycles. The molecular formula is C10H20N2O6S. The second-order valence-corrected chi connectivity index (χ2v) is 7.00. The monoisotopic (exact) mass is 296 g/mol. The lowest BCUT2D eigenvalue weighted by Crippen LogP contribution is -2.58. The van der Waals surface area contributed by atoms with Gasteiger partial charge < -0.3 is 26.0 Å². The van der Waals surface area contributed by atoms with E-state index >= 15 is 0 Å². The lowest BCUT2D eigenvalue weighted by atomic mass is 10.0. The van der Waals surface area contributed by atoms with E-state index in [1.165, 1.54) is 0 Å². The van der Waals surface area contributed by atoms with Crippen LogP contribution >= 0.6 is 0 Å². The predicted molar refractivity (Wildman–Crippen MR) is 67.2 cm³/mol. The lowest BCUT2D eigenvalue weighted by molar-refractivity contribution is -0.125. The molecule has 1 aliphatic rings. The lowest BCUT2D eigenvalue weighted by Gasteiger charge is -2.30. The third-order valence-corrected chi connectivity index (χ3v) is 4.78. The molecule has 1 amide bonds. The molecule has 112 valence electrons. The van der Waals surface area contributed by atoms with Crippen molar-refractivity contribution in [1.29, 1.82) is 0 Å². The summed E-state index contributed by atoms with van der Waals surface area (Å²) in [4.78, 5) is 11.7. The Morgan fingerprint density at radius 2 is 1.84 bits per heavy atom. The van der Waals surface area contributed by atoms with Crippen molar-refractivity contribution in [3.8, 4) is 0 Å². The Morgan fingerprint density at radius 1 is 1.26 bits per heavy atom. The van der Waals surface area contributed by atoms with Crippen LogP contribution in [0.1, 0.15) is 6.42 Å². The van der Waals surface area contributed by atoms with Crippen LogP contribution in [0.15, 0.2) is 0 Å². The first-order valence-electron chi connectivity index (χ1n) is 5.94. The van der Waals surface area contributed by atoms with Gasteiger partial charge in [0.1, 0.15) is 5.54 Å². The van der Waals surface area contributed by atoms with E-state index in [0.717, 1.165) is 0 Å². The van der Waals surface area contributed by atoms with Crippen molar-refractivity contribution in [2.45, 2.75) is 18.0 Å². The molecule has 19 heavy (non-hydrogen) atoms. The fourth-order valence-corrected chi connectivity index (χ4v) is 3.28. The van der Waals surface area contributed by atoms with Crippen LogP contribution in [0.3, 0.4) is 0 Å². The Kier molecular flexibility index (Phi) is 5.68. The Balaban J connectivity index is 2.55. The van der Waals surface area contributed by atoms with Crippen LogP contribution in [-0.2, 0) is 14.6 Å². The molecule has 0 aromatic carbocycles. The molecule has 9 heteroatoms. The second kappa shape index (κ2) is 6.62. The van der Waals surface area contributed by atoms with Crippen molar-refractivity contribution in [1.82, 2.24) is 10.6 Å². The number of hydrogen-bond donors (Lipinski definition) is 5. The van der Waals surface area contributed by atoms with Crippen LogP contribution in [0.4, 0.5) is 0 Å². The number of hydrogen-bond acceptors (Lipinski definition) is 7. The quantitative estimate of drug-likeness (QED) is 0.344. The highest BCUT2D eigenvalue weighted by atomic mass is 32.2. The molecule has 0 aromatic heterocycles. The van der Waals surface area contributed by atoms with Crippen molar-refractivity contribution in [2.75, 3.05) is 37.9 Å². The molecule has 1 rings (SSSR count). The topological polar surface area (TPSA) is 136 Å². The number of rotatable bonds is 6. The largest absolute Gasteiger partial charge is 0.394 e. The van der Waals surface area contributed by atoms with Gasteiger partial charge in [-0.1, -0.05) is 0 Å². The number of sulfone groups is 1. The Hall–Kier alpha value is -0.740. The molecular weight excluding hydrogens is 276 g/mol. The normalized spacial score (nSPS) is 23.0. The number of amides is 1. The van der Waals surface area contributed by atoms with Crippen LogP contribution in [0.2, 0.25) is 0 Å². The summed E-state index contributed by atoms with van der Waals surface area (Å²) < 4.78 is 22.8. The minimum Gasteiger partial charge on any atom is -0.394 e. The van der Waals surface area contributed by atoms with Crippen LogP contribution < -0.4 is 10.6 Å². The zero-order chi connectivity index (χ0) is 14.5.